The van der Waals surface area contributed by atoms with Crippen LogP contribution in [0.25, 0.3) is 0 Å². The molecule has 1 aromatic rings. The van der Waals surface area contributed by atoms with Crippen molar-refractivity contribution >= 4 is 16.0 Å². The molecule has 0 bridgehead atoms. The number of rotatable bonds is 4. The summed E-state index contributed by atoms with van der Waals surface area (Å²) in [5, 5.41) is 9.40. The lowest BCUT2D eigenvalue weighted by atomic mass is 9.92. The van der Waals surface area contributed by atoms with Gasteiger partial charge in [-0.25, -0.2) is 13.4 Å². The largest absolute Gasteiger partial charge is 0.480 e. The molecule has 7 nitrogen and oxygen atoms in total. The molecular formula is C13H21N3O4S. The summed E-state index contributed by atoms with van der Waals surface area (Å²) in [5.41, 5.74) is -1.42. The number of hydrogen-bond donors (Lipinski definition) is 2. The Balaban J connectivity index is 2.33. The molecular weight excluding hydrogens is 294 g/mol. The van der Waals surface area contributed by atoms with Gasteiger partial charge < -0.3 is 9.67 Å². The number of carboxylic acid groups (broad SMARTS) is 1. The molecule has 118 valence electrons. The van der Waals surface area contributed by atoms with E-state index in [9.17, 15) is 18.3 Å². The van der Waals surface area contributed by atoms with Gasteiger partial charge in [0.25, 0.3) is 10.0 Å². The third-order valence-corrected chi connectivity index (χ3v) is 5.46. The fraction of sp³-hybridized carbons (Fsp3) is 0.692. The van der Waals surface area contributed by atoms with Gasteiger partial charge in [-0.1, -0.05) is 25.7 Å². The number of carboxylic acids is 1. The smallest absolute Gasteiger partial charge is 0.324 e. The molecule has 21 heavy (non-hydrogen) atoms. The summed E-state index contributed by atoms with van der Waals surface area (Å²) in [4.78, 5) is 15.6. The Morgan fingerprint density at radius 2 is 1.90 bits per heavy atom. The molecule has 0 aromatic carbocycles. The number of hydrogen-bond acceptors (Lipinski definition) is 4. The second kappa shape index (κ2) is 5.76. The maximum atomic E-state index is 12.4. The zero-order valence-electron chi connectivity index (χ0n) is 12.3. The molecule has 0 radical (unpaired) electrons. The summed E-state index contributed by atoms with van der Waals surface area (Å²) in [6.07, 6.45) is 5.29. The van der Waals surface area contributed by atoms with E-state index in [1.807, 2.05) is 0 Å². The molecule has 2 rings (SSSR count). The molecule has 2 N–H and O–H groups in total. The van der Waals surface area contributed by atoms with Gasteiger partial charge in [-0.15, -0.1) is 0 Å². The third-order valence-electron chi connectivity index (χ3n) is 4.06. The van der Waals surface area contributed by atoms with Crippen LogP contribution < -0.4 is 4.72 Å². The Bertz CT molecular complexity index is 608. The third kappa shape index (κ3) is 3.26. The SMILES string of the molecule is Cc1nc(S(=O)(=O)NC2(C(=O)O)CCCCCC2)cn1C. The monoisotopic (exact) mass is 315 g/mol. The predicted molar refractivity (Wildman–Crippen MR) is 76.3 cm³/mol. The number of imidazole rings is 1. The highest BCUT2D eigenvalue weighted by atomic mass is 32.2. The first-order chi connectivity index (χ1) is 9.77. The molecule has 1 heterocycles. The molecule has 1 aliphatic carbocycles. The predicted octanol–water partition coefficient (Wildman–Crippen LogP) is 1.18. The Labute approximate surface area is 124 Å². The zero-order valence-corrected chi connectivity index (χ0v) is 13.1. The molecule has 0 amide bonds. The Hall–Kier alpha value is -1.41. The number of aromatic nitrogens is 2. The van der Waals surface area contributed by atoms with Gasteiger partial charge >= 0.3 is 5.97 Å². The van der Waals surface area contributed by atoms with Crippen LogP contribution in [0.2, 0.25) is 0 Å². The van der Waals surface area contributed by atoms with Crippen molar-refractivity contribution in [1.29, 1.82) is 0 Å². The van der Waals surface area contributed by atoms with Crippen LogP contribution in [0.5, 0.6) is 0 Å². The van der Waals surface area contributed by atoms with Gasteiger partial charge in [-0.2, -0.15) is 4.72 Å². The van der Waals surface area contributed by atoms with Crippen LogP contribution in [0.1, 0.15) is 44.3 Å². The molecule has 0 saturated heterocycles. The fourth-order valence-electron chi connectivity index (χ4n) is 2.66. The number of nitrogens with one attached hydrogen (secondary N) is 1. The number of nitrogens with zero attached hydrogens (tertiary/aromatic N) is 2. The lowest BCUT2D eigenvalue weighted by Gasteiger charge is -2.28. The van der Waals surface area contributed by atoms with E-state index in [1.54, 1.807) is 18.5 Å². The average Bonchev–Trinajstić information content (AvgIpc) is 2.62. The van der Waals surface area contributed by atoms with E-state index >= 15 is 0 Å². The standard InChI is InChI=1S/C13H21N3O4S/c1-10-14-11(9-16(10)2)21(19,20)15-13(12(17)18)7-5-3-4-6-8-13/h9,15H,3-8H2,1-2H3,(H,17,18). The quantitative estimate of drug-likeness (QED) is 0.813. The van der Waals surface area contributed by atoms with Crippen molar-refractivity contribution in [3.8, 4) is 0 Å². The van der Waals surface area contributed by atoms with E-state index in [0.29, 0.717) is 31.5 Å². The second-order valence-corrected chi connectivity index (χ2v) is 7.27. The van der Waals surface area contributed by atoms with Crippen LogP contribution in [0.15, 0.2) is 11.2 Å². The van der Waals surface area contributed by atoms with Gasteiger partial charge in [0.05, 0.1) is 0 Å². The van der Waals surface area contributed by atoms with Crippen LogP contribution in [0.3, 0.4) is 0 Å². The van der Waals surface area contributed by atoms with Crippen molar-refractivity contribution < 1.29 is 18.3 Å². The molecule has 1 fully saturated rings. The van der Waals surface area contributed by atoms with Gasteiger partial charge in [-0.3, -0.25) is 4.79 Å². The Morgan fingerprint density at radius 1 is 1.33 bits per heavy atom. The van der Waals surface area contributed by atoms with Crippen LogP contribution >= 0.6 is 0 Å². The Kier molecular flexibility index (Phi) is 4.38. The average molecular weight is 315 g/mol. The highest BCUT2D eigenvalue weighted by Crippen LogP contribution is 2.29. The van der Waals surface area contributed by atoms with E-state index in [0.717, 1.165) is 12.8 Å². The van der Waals surface area contributed by atoms with Crippen molar-refractivity contribution in [3.63, 3.8) is 0 Å². The summed E-state index contributed by atoms with van der Waals surface area (Å²) in [7, 11) is -2.25. The Morgan fingerprint density at radius 3 is 2.33 bits per heavy atom. The van der Waals surface area contributed by atoms with E-state index in [1.165, 1.54) is 6.20 Å². The zero-order chi connectivity index (χ0) is 15.7. The molecule has 0 spiro atoms. The number of carbonyl (C=O) groups is 1. The number of aliphatic carboxylic acids is 1. The first-order valence-electron chi connectivity index (χ1n) is 7.04. The van der Waals surface area contributed by atoms with Gasteiger partial charge in [-0.05, 0) is 19.8 Å². The molecule has 1 aliphatic rings. The highest BCUT2D eigenvalue weighted by molar-refractivity contribution is 7.89. The topological polar surface area (TPSA) is 101 Å². The van der Waals surface area contributed by atoms with E-state index < -0.39 is 21.5 Å². The highest BCUT2D eigenvalue weighted by Gasteiger charge is 2.43. The molecule has 8 heteroatoms. The van der Waals surface area contributed by atoms with Crippen molar-refractivity contribution in [1.82, 2.24) is 14.3 Å². The lowest BCUT2D eigenvalue weighted by molar-refractivity contribution is -0.144. The van der Waals surface area contributed by atoms with Gasteiger partial charge in [0.2, 0.25) is 0 Å². The second-order valence-electron chi connectivity index (χ2n) is 5.64. The van der Waals surface area contributed by atoms with Gasteiger partial charge in [0.1, 0.15) is 11.4 Å². The molecule has 0 aliphatic heterocycles. The summed E-state index contributed by atoms with van der Waals surface area (Å²) >= 11 is 0. The summed E-state index contributed by atoms with van der Waals surface area (Å²) in [5.74, 6) is -0.554. The van der Waals surface area contributed by atoms with E-state index in [-0.39, 0.29) is 5.03 Å². The van der Waals surface area contributed by atoms with Crippen molar-refractivity contribution in [2.24, 2.45) is 7.05 Å². The lowest BCUT2D eigenvalue weighted by Crippen LogP contribution is -2.54. The number of aryl methyl sites for hydroxylation is 2. The summed E-state index contributed by atoms with van der Waals surface area (Å²) < 4.78 is 28.9. The first-order valence-corrected chi connectivity index (χ1v) is 8.52. The summed E-state index contributed by atoms with van der Waals surface area (Å²) in [6, 6.07) is 0. The number of sulfonamides is 1. The van der Waals surface area contributed by atoms with Crippen molar-refractivity contribution in [2.75, 3.05) is 0 Å². The maximum absolute atomic E-state index is 12.4. The van der Waals surface area contributed by atoms with Crippen LogP contribution in [-0.4, -0.2) is 34.6 Å². The molecule has 0 atom stereocenters. The molecule has 0 unspecified atom stereocenters. The van der Waals surface area contributed by atoms with Crippen LogP contribution in [0, 0.1) is 6.92 Å². The first kappa shape index (κ1) is 16.0. The molecule has 1 saturated carbocycles. The minimum absolute atomic E-state index is 0.132. The normalized spacial score (nSPS) is 19.1. The van der Waals surface area contributed by atoms with Crippen molar-refractivity contribution in [2.45, 2.75) is 56.0 Å². The van der Waals surface area contributed by atoms with Gasteiger partial charge in [0.15, 0.2) is 5.03 Å². The van der Waals surface area contributed by atoms with Crippen molar-refractivity contribution in [3.05, 3.63) is 12.0 Å². The maximum Gasteiger partial charge on any atom is 0.324 e. The minimum atomic E-state index is -3.94. The van der Waals surface area contributed by atoms with E-state index in [2.05, 4.69) is 9.71 Å². The van der Waals surface area contributed by atoms with Crippen LogP contribution in [-0.2, 0) is 21.9 Å². The summed E-state index contributed by atoms with van der Waals surface area (Å²) in [6.45, 7) is 1.69. The molecule has 1 aromatic heterocycles. The fourth-order valence-corrected chi connectivity index (χ4v) is 4.12. The van der Waals surface area contributed by atoms with E-state index in [4.69, 9.17) is 0 Å². The minimum Gasteiger partial charge on any atom is -0.480 e. The van der Waals surface area contributed by atoms with Crippen LogP contribution in [0.4, 0.5) is 0 Å². The van der Waals surface area contributed by atoms with Gasteiger partial charge in [0, 0.05) is 13.2 Å².